The van der Waals surface area contributed by atoms with Gasteiger partial charge in [0.25, 0.3) is 5.69 Å². The highest BCUT2D eigenvalue weighted by Gasteiger charge is 2.13. The molecule has 2 aromatic carbocycles. The molecule has 0 unspecified atom stereocenters. The molecular weight excluding hydrogens is 390 g/mol. The zero-order valence-corrected chi connectivity index (χ0v) is 16.1. The number of benzene rings is 2. The van der Waals surface area contributed by atoms with Crippen LogP contribution in [-0.4, -0.2) is 22.5 Å². The molecule has 0 heterocycles. The molecular formula is C18H18ClN3O4S. The minimum atomic E-state index is -0.594. The van der Waals surface area contributed by atoms with E-state index in [9.17, 15) is 14.9 Å². The van der Waals surface area contributed by atoms with E-state index in [1.807, 2.05) is 31.2 Å². The topological polar surface area (TPSA) is 93.5 Å². The van der Waals surface area contributed by atoms with E-state index in [1.165, 1.54) is 18.2 Å². The van der Waals surface area contributed by atoms with Crippen LogP contribution in [0.25, 0.3) is 0 Å². The number of ether oxygens (including phenoxy) is 1. The first-order chi connectivity index (χ1) is 12.8. The van der Waals surface area contributed by atoms with Crippen LogP contribution in [0.1, 0.15) is 18.4 Å². The molecule has 27 heavy (non-hydrogen) atoms. The zero-order valence-electron chi connectivity index (χ0n) is 14.5. The predicted molar refractivity (Wildman–Crippen MR) is 108 cm³/mol. The number of halogens is 1. The second-order valence-corrected chi connectivity index (χ2v) is 6.51. The van der Waals surface area contributed by atoms with Gasteiger partial charge in [0.2, 0.25) is 5.91 Å². The molecule has 1 amide bonds. The minimum Gasteiger partial charge on any atom is -0.494 e. The summed E-state index contributed by atoms with van der Waals surface area (Å²) in [4.78, 5) is 22.2. The Morgan fingerprint density at radius 2 is 1.96 bits per heavy atom. The second-order valence-electron chi connectivity index (χ2n) is 5.69. The van der Waals surface area contributed by atoms with E-state index >= 15 is 0 Å². The van der Waals surface area contributed by atoms with Gasteiger partial charge in [0.1, 0.15) is 10.8 Å². The van der Waals surface area contributed by atoms with E-state index in [0.717, 1.165) is 11.3 Å². The van der Waals surface area contributed by atoms with Gasteiger partial charge < -0.3 is 15.4 Å². The van der Waals surface area contributed by atoms with Crippen molar-refractivity contribution in [3.8, 4) is 5.75 Å². The number of aryl methyl sites for hydroxylation is 1. The lowest BCUT2D eigenvalue weighted by Crippen LogP contribution is -2.34. The van der Waals surface area contributed by atoms with Gasteiger partial charge in [-0.15, -0.1) is 0 Å². The zero-order chi connectivity index (χ0) is 19.8. The molecule has 0 saturated carbocycles. The molecule has 2 N–H and O–H groups in total. The van der Waals surface area contributed by atoms with Gasteiger partial charge in [-0.25, -0.2) is 0 Å². The SMILES string of the molecule is Cc1ccc(OCCCC(=O)NC(=S)Nc2ccc(Cl)c([N+](=O)[O-])c2)cc1. The van der Waals surface area contributed by atoms with Crippen LogP contribution in [0.2, 0.25) is 5.02 Å². The molecule has 0 bridgehead atoms. The van der Waals surface area contributed by atoms with Crippen LogP contribution in [0, 0.1) is 17.0 Å². The molecule has 0 spiro atoms. The molecule has 0 aliphatic rings. The molecule has 9 heteroatoms. The van der Waals surface area contributed by atoms with Crippen molar-refractivity contribution in [3.63, 3.8) is 0 Å². The Labute approximate surface area is 166 Å². The molecule has 0 fully saturated rings. The summed E-state index contributed by atoms with van der Waals surface area (Å²) in [5, 5.41) is 16.2. The third-order valence-electron chi connectivity index (χ3n) is 3.49. The largest absolute Gasteiger partial charge is 0.494 e. The molecule has 0 aromatic heterocycles. The van der Waals surface area contributed by atoms with Crippen LogP contribution in [0.4, 0.5) is 11.4 Å². The van der Waals surface area contributed by atoms with E-state index in [4.69, 9.17) is 28.6 Å². The summed E-state index contributed by atoms with van der Waals surface area (Å²) >= 11 is 10.8. The number of nitrogens with zero attached hydrogens (tertiary/aromatic N) is 1. The highest BCUT2D eigenvalue weighted by Crippen LogP contribution is 2.27. The molecule has 2 aromatic rings. The van der Waals surface area contributed by atoms with Crippen molar-refractivity contribution < 1.29 is 14.5 Å². The number of anilines is 1. The van der Waals surface area contributed by atoms with Crippen LogP contribution >= 0.6 is 23.8 Å². The molecule has 7 nitrogen and oxygen atoms in total. The fourth-order valence-corrected chi connectivity index (χ4v) is 2.56. The molecule has 2 rings (SSSR count). The average molecular weight is 408 g/mol. The van der Waals surface area contributed by atoms with E-state index in [-0.39, 0.29) is 28.2 Å². The number of thiocarbonyl (C=S) groups is 1. The Balaban J connectivity index is 1.73. The maximum atomic E-state index is 11.9. The van der Waals surface area contributed by atoms with Gasteiger partial charge in [-0.05, 0) is 49.8 Å². The van der Waals surface area contributed by atoms with Gasteiger partial charge >= 0.3 is 0 Å². The van der Waals surface area contributed by atoms with Crippen molar-refractivity contribution in [1.82, 2.24) is 5.32 Å². The normalized spacial score (nSPS) is 10.1. The second kappa shape index (κ2) is 9.84. The highest BCUT2D eigenvalue weighted by molar-refractivity contribution is 7.80. The van der Waals surface area contributed by atoms with Gasteiger partial charge in [0.05, 0.1) is 11.5 Å². The molecule has 0 saturated heterocycles. The Morgan fingerprint density at radius 3 is 2.63 bits per heavy atom. The van der Waals surface area contributed by atoms with Gasteiger partial charge in [-0.1, -0.05) is 29.3 Å². The first kappa shape index (κ1) is 20.6. The summed E-state index contributed by atoms with van der Waals surface area (Å²) in [7, 11) is 0. The summed E-state index contributed by atoms with van der Waals surface area (Å²) in [5.74, 6) is 0.478. The maximum Gasteiger partial charge on any atom is 0.289 e. The van der Waals surface area contributed by atoms with Crippen molar-refractivity contribution in [1.29, 1.82) is 0 Å². The minimum absolute atomic E-state index is 0.0223. The molecule has 0 aliphatic heterocycles. The summed E-state index contributed by atoms with van der Waals surface area (Å²) in [6.07, 6.45) is 0.753. The Bertz CT molecular complexity index is 843. The van der Waals surface area contributed by atoms with Crippen molar-refractivity contribution in [2.24, 2.45) is 0 Å². The predicted octanol–water partition coefficient (Wildman–Crippen LogP) is 4.23. The third kappa shape index (κ3) is 6.84. The fourth-order valence-electron chi connectivity index (χ4n) is 2.14. The van der Waals surface area contributed by atoms with Crippen molar-refractivity contribution in [2.75, 3.05) is 11.9 Å². The lowest BCUT2D eigenvalue weighted by atomic mass is 10.2. The number of nitro benzene ring substituents is 1. The van der Waals surface area contributed by atoms with Crippen molar-refractivity contribution >= 4 is 46.2 Å². The van der Waals surface area contributed by atoms with Gasteiger partial charge in [-0.2, -0.15) is 0 Å². The molecule has 0 aliphatic carbocycles. The van der Waals surface area contributed by atoms with E-state index in [2.05, 4.69) is 10.6 Å². The Hall–Kier alpha value is -2.71. The molecule has 0 atom stereocenters. The number of nitro groups is 1. The Morgan fingerprint density at radius 1 is 1.26 bits per heavy atom. The summed E-state index contributed by atoms with van der Waals surface area (Å²) < 4.78 is 5.55. The number of carbonyl (C=O) groups is 1. The number of nitrogens with one attached hydrogen (secondary N) is 2. The monoisotopic (exact) mass is 407 g/mol. The van der Waals surface area contributed by atoms with Crippen LogP contribution in [0.5, 0.6) is 5.75 Å². The highest BCUT2D eigenvalue weighted by atomic mass is 35.5. The lowest BCUT2D eigenvalue weighted by Gasteiger charge is -2.10. The summed E-state index contributed by atoms with van der Waals surface area (Å²) in [6.45, 7) is 2.40. The van der Waals surface area contributed by atoms with Crippen LogP contribution in [0.15, 0.2) is 42.5 Å². The first-order valence-corrected chi connectivity index (χ1v) is 8.88. The number of carbonyl (C=O) groups excluding carboxylic acids is 1. The average Bonchev–Trinajstić information content (AvgIpc) is 2.61. The van der Waals surface area contributed by atoms with Crippen molar-refractivity contribution in [3.05, 3.63) is 63.2 Å². The standard InChI is InChI=1S/C18H18ClN3O4S/c1-12-4-7-14(8-5-12)26-10-2-3-17(23)21-18(27)20-13-6-9-15(19)16(11-13)22(24)25/h4-9,11H,2-3,10H2,1H3,(H2,20,21,23,27). The number of rotatable bonds is 7. The Kier molecular flexibility index (Phi) is 7.51. The van der Waals surface area contributed by atoms with E-state index in [0.29, 0.717) is 18.7 Å². The van der Waals surface area contributed by atoms with Gasteiger partial charge in [0, 0.05) is 18.2 Å². The molecule has 142 valence electrons. The van der Waals surface area contributed by atoms with Gasteiger partial charge in [0.15, 0.2) is 5.11 Å². The summed E-state index contributed by atoms with van der Waals surface area (Å²) in [6, 6.07) is 11.8. The first-order valence-electron chi connectivity index (χ1n) is 8.09. The maximum absolute atomic E-state index is 11.9. The smallest absolute Gasteiger partial charge is 0.289 e. The number of hydrogen-bond donors (Lipinski definition) is 2. The number of hydrogen-bond acceptors (Lipinski definition) is 5. The summed E-state index contributed by atoms with van der Waals surface area (Å²) in [5.41, 5.74) is 1.26. The lowest BCUT2D eigenvalue weighted by molar-refractivity contribution is -0.384. The van der Waals surface area contributed by atoms with Crippen LogP contribution in [0.3, 0.4) is 0 Å². The van der Waals surface area contributed by atoms with Crippen molar-refractivity contribution in [2.45, 2.75) is 19.8 Å². The van der Waals surface area contributed by atoms with Crippen LogP contribution in [-0.2, 0) is 4.79 Å². The van der Waals surface area contributed by atoms with Crippen LogP contribution < -0.4 is 15.4 Å². The van der Waals surface area contributed by atoms with Gasteiger partial charge in [-0.3, -0.25) is 14.9 Å². The van der Waals surface area contributed by atoms with E-state index in [1.54, 1.807) is 0 Å². The van der Waals surface area contributed by atoms with E-state index < -0.39 is 4.92 Å². The quantitative estimate of drug-likeness (QED) is 0.309. The third-order valence-corrected chi connectivity index (χ3v) is 4.02. The fraction of sp³-hybridized carbons (Fsp3) is 0.222. The number of amides is 1. The molecule has 0 radical (unpaired) electrons.